The van der Waals surface area contributed by atoms with Gasteiger partial charge in [-0.15, -0.1) is 0 Å². The second kappa shape index (κ2) is 6.68. The van der Waals surface area contributed by atoms with Crippen molar-refractivity contribution in [2.45, 2.75) is 12.8 Å². The molecule has 0 radical (unpaired) electrons. The summed E-state index contributed by atoms with van der Waals surface area (Å²) >= 11 is 8.60. The SMILES string of the molecule is CN(CCN1CCCC1)c1ccc(Br)cc1C(N)=S. The number of rotatable bonds is 5. The molecule has 0 spiro atoms. The number of anilines is 1. The van der Waals surface area contributed by atoms with Crippen LogP contribution in [0.5, 0.6) is 0 Å². The summed E-state index contributed by atoms with van der Waals surface area (Å²) in [4.78, 5) is 5.19. The minimum atomic E-state index is 0.448. The summed E-state index contributed by atoms with van der Waals surface area (Å²) in [5.74, 6) is 0. The van der Waals surface area contributed by atoms with Crippen LogP contribution in [0.4, 0.5) is 5.69 Å². The molecule has 1 aromatic carbocycles. The van der Waals surface area contributed by atoms with Crippen LogP contribution in [0.15, 0.2) is 22.7 Å². The lowest BCUT2D eigenvalue weighted by atomic mass is 10.1. The highest BCUT2D eigenvalue weighted by atomic mass is 79.9. The molecule has 0 atom stereocenters. The van der Waals surface area contributed by atoms with Crippen LogP contribution in [-0.4, -0.2) is 43.1 Å². The lowest BCUT2D eigenvalue weighted by Gasteiger charge is -2.25. The highest BCUT2D eigenvalue weighted by Gasteiger charge is 2.14. The van der Waals surface area contributed by atoms with Gasteiger partial charge in [0.15, 0.2) is 0 Å². The molecular weight excluding hydrogens is 322 g/mol. The topological polar surface area (TPSA) is 32.5 Å². The Labute approximate surface area is 128 Å². The fraction of sp³-hybridized carbons (Fsp3) is 0.500. The summed E-state index contributed by atoms with van der Waals surface area (Å²) in [7, 11) is 2.10. The smallest absolute Gasteiger partial charge is 0.106 e. The first-order chi connectivity index (χ1) is 9.08. The van der Waals surface area contributed by atoms with Crippen molar-refractivity contribution >= 4 is 38.8 Å². The summed E-state index contributed by atoms with van der Waals surface area (Å²) in [6, 6.07) is 6.09. The molecule has 0 aromatic heterocycles. The second-order valence-corrected chi connectivity index (χ2v) is 6.35. The van der Waals surface area contributed by atoms with Crippen LogP contribution in [-0.2, 0) is 0 Å². The van der Waals surface area contributed by atoms with Gasteiger partial charge in [-0.25, -0.2) is 0 Å². The highest BCUT2D eigenvalue weighted by molar-refractivity contribution is 9.10. The molecule has 0 saturated carbocycles. The molecular formula is C14H20BrN3S. The Bertz CT molecular complexity index is 458. The van der Waals surface area contributed by atoms with Crippen LogP contribution >= 0.6 is 28.1 Å². The quantitative estimate of drug-likeness (QED) is 0.834. The van der Waals surface area contributed by atoms with E-state index >= 15 is 0 Å². The van der Waals surface area contributed by atoms with Crippen molar-refractivity contribution in [2.24, 2.45) is 5.73 Å². The molecule has 5 heteroatoms. The number of halogens is 1. The number of benzene rings is 1. The number of hydrogen-bond donors (Lipinski definition) is 1. The molecule has 19 heavy (non-hydrogen) atoms. The Kier molecular flexibility index (Phi) is 5.19. The van der Waals surface area contributed by atoms with Gasteiger partial charge >= 0.3 is 0 Å². The van der Waals surface area contributed by atoms with E-state index in [1.165, 1.54) is 25.9 Å². The monoisotopic (exact) mass is 341 g/mol. The number of thiocarbonyl (C=S) groups is 1. The molecule has 1 aliphatic heterocycles. The van der Waals surface area contributed by atoms with Crippen LogP contribution in [0, 0.1) is 0 Å². The first-order valence-corrected chi connectivity index (χ1v) is 7.81. The van der Waals surface area contributed by atoms with Crippen LogP contribution < -0.4 is 10.6 Å². The minimum Gasteiger partial charge on any atom is -0.389 e. The fourth-order valence-corrected chi connectivity index (χ4v) is 2.98. The molecule has 104 valence electrons. The largest absolute Gasteiger partial charge is 0.389 e. The third-order valence-electron chi connectivity index (χ3n) is 3.59. The molecule has 1 fully saturated rings. The second-order valence-electron chi connectivity index (χ2n) is 5.00. The Morgan fingerprint density at radius 2 is 2.11 bits per heavy atom. The number of likely N-dealkylation sites (tertiary alicyclic amines) is 1. The summed E-state index contributed by atoms with van der Waals surface area (Å²) in [6.45, 7) is 4.56. The van der Waals surface area contributed by atoms with Crippen molar-refractivity contribution in [1.29, 1.82) is 0 Å². The van der Waals surface area contributed by atoms with Gasteiger partial charge in [0, 0.05) is 35.9 Å². The van der Waals surface area contributed by atoms with Gasteiger partial charge in [0.2, 0.25) is 0 Å². The fourth-order valence-electron chi connectivity index (χ4n) is 2.46. The summed E-state index contributed by atoms with van der Waals surface area (Å²) in [6.07, 6.45) is 2.67. The van der Waals surface area contributed by atoms with Crippen molar-refractivity contribution in [3.63, 3.8) is 0 Å². The van der Waals surface area contributed by atoms with Crippen LogP contribution in [0.3, 0.4) is 0 Å². The molecule has 1 heterocycles. The molecule has 0 bridgehead atoms. The normalized spacial score (nSPS) is 15.7. The molecule has 2 rings (SSSR count). The standard InChI is InChI=1S/C14H20BrN3S/c1-17(8-9-18-6-2-3-7-18)13-5-4-11(15)10-12(13)14(16)19/h4-5,10H,2-3,6-9H2,1H3,(H2,16,19). The number of likely N-dealkylation sites (N-methyl/N-ethyl adjacent to an activating group) is 1. The maximum absolute atomic E-state index is 5.81. The predicted molar refractivity (Wildman–Crippen MR) is 89.0 cm³/mol. The third-order valence-corrected chi connectivity index (χ3v) is 4.30. The molecule has 1 saturated heterocycles. The van der Waals surface area contributed by atoms with Gasteiger partial charge in [0.25, 0.3) is 0 Å². The molecule has 0 unspecified atom stereocenters. The maximum atomic E-state index is 5.81. The zero-order chi connectivity index (χ0) is 13.8. The van der Waals surface area contributed by atoms with E-state index in [1.807, 2.05) is 12.1 Å². The average molecular weight is 342 g/mol. The first-order valence-electron chi connectivity index (χ1n) is 6.61. The van der Waals surface area contributed by atoms with E-state index in [1.54, 1.807) is 0 Å². The summed E-state index contributed by atoms with van der Waals surface area (Å²) < 4.78 is 1.01. The van der Waals surface area contributed by atoms with E-state index in [0.717, 1.165) is 28.8 Å². The van der Waals surface area contributed by atoms with Gasteiger partial charge in [-0.1, -0.05) is 28.1 Å². The van der Waals surface area contributed by atoms with E-state index < -0.39 is 0 Å². The Morgan fingerprint density at radius 1 is 1.42 bits per heavy atom. The van der Waals surface area contributed by atoms with Crippen molar-refractivity contribution in [1.82, 2.24) is 4.90 Å². The van der Waals surface area contributed by atoms with Crippen LogP contribution in [0.2, 0.25) is 0 Å². The predicted octanol–water partition coefficient (Wildman–Crippen LogP) is 2.62. The Hall–Kier alpha value is -0.650. The zero-order valence-electron chi connectivity index (χ0n) is 11.2. The van der Waals surface area contributed by atoms with Crippen molar-refractivity contribution < 1.29 is 0 Å². The zero-order valence-corrected chi connectivity index (χ0v) is 13.6. The lowest BCUT2D eigenvalue weighted by Crippen LogP contribution is -2.32. The van der Waals surface area contributed by atoms with Crippen molar-refractivity contribution in [3.05, 3.63) is 28.2 Å². The molecule has 0 aliphatic carbocycles. The molecule has 2 N–H and O–H groups in total. The Balaban J connectivity index is 2.05. The van der Waals surface area contributed by atoms with Gasteiger partial charge < -0.3 is 15.5 Å². The van der Waals surface area contributed by atoms with Gasteiger partial charge in [0.1, 0.15) is 4.99 Å². The van der Waals surface area contributed by atoms with Crippen LogP contribution in [0.25, 0.3) is 0 Å². The van der Waals surface area contributed by atoms with E-state index in [-0.39, 0.29) is 0 Å². The van der Waals surface area contributed by atoms with Crippen LogP contribution in [0.1, 0.15) is 18.4 Å². The van der Waals surface area contributed by atoms with Crippen molar-refractivity contribution in [3.8, 4) is 0 Å². The Morgan fingerprint density at radius 3 is 2.74 bits per heavy atom. The van der Waals surface area contributed by atoms with Gasteiger partial charge in [-0.05, 0) is 44.1 Å². The molecule has 1 aromatic rings. The third kappa shape index (κ3) is 3.91. The molecule has 3 nitrogen and oxygen atoms in total. The first kappa shape index (κ1) is 14.8. The van der Waals surface area contributed by atoms with E-state index in [9.17, 15) is 0 Å². The maximum Gasteiger partial charge on any atom is 0.106 e. The van der Waals surface area contributed by atoms with Gasteiger partial charge in [0.05, 0.1) is 0 Å². The van der Waals surface area contributed by atoms with Gasteiger partial charge in [-0.3, -0.25) is 0 Å². The van der Waals surface area contributed by atoms with Crippen molar-refractivity contribution in [2.75, 3.05) is 38.1 Å². The number of nitrogens with two attached hydrogens (primary N) is 1. The lowest BCUT2D eigenvalue weighted by molar-refractivity contribution is 0.346. The number of hydrogen-bond acceptors (Lipinski definition) is 3. The van der Waals surface area contributed by atoms with E-state index in [0.29, 0.717) is 4.99 Å². The summed E-state index contributed by atoms with van der Waals surface area (Å²) in [5, 5.41) is 0. The van der Waals surface area contributed by atoms with E-state index in [4.69, 9.17) is 18.0 Å². The molecule has 0 amide bonds. The minimum absolute atomic E-state index is 0.448. The average Bonchev–Trinajstić information content (AvgIpc) is 2.88. The highest BCUT2D eigenvalue weighted by Crippen LogP contribution is 2.24. The molecule has 1 aliphatic rings. The van der Waals surface area contributed by atoms with E-state index in [2.05, 4.69) is 38.8 Å². The number of nitrogens with zero attached hydrogens (tertiary/aromatic N) is 2. The van der Waals surface area contributed by atoms with Gasteiger partial charge in [-0.2, -0.15) is 0 Å². The summed E-state index contributed by atoms with van der Waals surface area (Å²) in [5.41, 5.74) is 7.86.